The van der Waals surface area contributed by atoms with Crippen LogP contribution in [0, 0.1) is 0 Å². The highest BCUT2D eigenvalue weighted by Gasteiger charge is 2.30. The van der Waals surface area contributed by atoms with Gasteiger partial charge in [0.25, 0.3) is 0 Å². The van der Waals surface area contributed by atoms with Crippen molar-refractivity contribution >= 4 is 42.2 Å². The number of nitrogens with one attached hydrogen (secondary N) is 3. The van der Waals surface area contributed by atoms with Crippen molar-refractivity contribution in [1.29, 1.82) is 0 Å². The largest absolute Gasteiger partial charge is 0.480 e. The van der Waals surface area contributed by atoms with Gasteiger partial charge in [-0.2, -0.15) is 12.6 Å². The summed E-state index contributed by atoms with van der Waals surface area (Å²) in [5.41, 5.74) is 11.5. The lowest BCUT2D eigenvalue weighted by molar-refractivity contribution is -0.142. The summed E-state index contributed by atoms with van der Waals surface area (Å²) in [7, 11) is 0. The Morgan fingerprint density at radius 1 is 0.968 bits per heavy atom. The lowest BCUT2D eigenvalue weighted by Gasteiger charge is -2.24. The molecule has 0 saturated carbocycles. The molecular formula is C19H27N5O6S. The summed E-state index contributed by atoms with van der Waals surface area (Å²) >= 11 is 3.96. The Labute approximate surface area is 184 Å². The zero-order valence-corrected chi connectivity index (χ0v) is 17.8. The molecule has 8 N–H and O–H groups in total. The van der Waals surface area contributed by atoms with Gasteiger partial charge in [-0.3, -0.25) is 24.0 Å². The number of aliphatic carboxylic acids is 1. The van der Waals surface area contributed by atoms with Gasteiger partial charge in [-0.05, 0) is 12.5 Å². The van der Waals surface area contributed by atoms with E-state index in [-0.39, 0.29) is 12.2 Å². The van der Waals surface area contributed by atoms with Crippen LogP contribution >= 0.6 is 12.6 Å². The third-order valence-corrected chi connectivity index (χ3v) is 4.61. The maximum Gasteiger partial charge on any atom is 0.325 e. The van der Waals surface area contributed by atoms with Gasteiger partial charge in [-0.25, -0.2) is 0 Å². The van der Waals surface area contributed by atoms with Crippen molar-refractivity contribution in [2.75, 3.05) is 5.75 Å². The maximum atomic E-state index is 12.9. The van der Waals surface area contributed by atoms with E-state index >= 15 is 0 Å². The molecule has 4 amide bonds. The first-order valence-corrected chi connectivity index (χ1v) is 10.0. The topological polar surface area (TPSA) is 194 Å². The van der Waals surface area contributed by atoms with Crippen LogP contribution in [-0.2, 0) is 30.4 Å². The second-order valence-corrected chi connectivity index (χ2v) is 7.21. The maximum absolute atomic E-state index is 12.9. The summed E-state index contributed by atoms with van der Waals surface area (Å²) in [5.74, 6) is -4.43. The molecule has 0 spiro atoms. The van der Waals surface area contributed by atoms with Gasteiger partial charge in [0, 0.05) is 12.2 Å². The third kappa shape index (κ3) is 9.05. The van der Waals surface area contributed by atoms with Gasteiger partial charge in [0.2, 0.25) is 23.6 Å². The van der Waals surface area contributed by atoms with Crippen LogP contribution in [0.25, 0.3) is 0 Å². The van der Waals surface area contributed by atoms with Crippen LogP contribution in [0.3, 0.4) is 0 Å². The van der Waals surface area contributed by atoms with Gasteiger partial charge in [-0.1, -0.05) is 30.3 Å². The first-order valence-electron chi connectivity index (χ1n) is 9.37. The van der Waals surface area contributed by atoms with E-state index in [0.717, 1.165) is 5.56 Å². The molecule has 0 aliphatic heterocycles. The summed E-state index contributed by atoms with van der Waals surface area (Å²) in [4.78, 5) is 59.8. The Morgan fingerprint density at radius 3 is 2.03 bits per heavy atom. The Morgan fingerprint density at radius 2 is 1.52 bits per heavy atom. The monoisotopic (exact) mass is 453 g/mol. The number of carbonyl (C=O) groups excluding carboxylic acids is 4. The molecule has 4 atom stereocenters. The SMILES string of the molecule is CC(NC(=O)C(CC(N)=O)NC(=O)C(Cc1ccccc1)NC(=O)C(N)CS)C(=O)O. The Kier molecular flexibility index (Phi) is 10.5. The Hall–Kier alpha value is -3.12. The lowest BCUT2D eigenvalue weighted by atomic mass is 10.0. The first-order chi connectivity index (χ1) is 14.5. The van der Waals surface area contributed by atoms with Crippen LogP contribution in [-0.4, -0.2) is 64.6 Å². The molecule has 4 unspecified atom stereocenters. The normalized spacial score (nSPS) is 14.4. The van der Waals surface area contributed by atoms with Crippen LogP contribution in [0.15, 0.2) is 30.3 Å². The quantitative estimate of drug-likeness (QED) is 0.176. The summed E-state index contributed by atoms with van der Waals surface area (Å²) in [6.45, 7) is 1.22. The van der Waals surface area contributed by atoms with Gasteiger partial charge in [0.15, 0.2) is 0 Å². The van der Waals surface area contributed by atoms with E-state index in [9.17, 15) is 24.0 Å². The molecule has 1 aromatic rings. The minimum absolute atomic E-state index is 0.0469. The molecule has 170 valence electrons. The second kappa shape index (κ2) is 12.5. The lowest BCUT2D eigenvalue weighted by Crippen LogP contribution is -2.58. The molecule has 0 bridgehead atoms. The van der Waals surface area contributed by atoms with E-state index in [1.54, 1.807) is 30.3 Å². The number of hydrogen-bond acceptors (Lipinski definition) is 7. The average molecular weight is 454 g/mol. The molecular weight excluding hydrogens is 426 g/mol. The predicted octanol–water partition coefficient (Wildman–Crippen LogP) is -2.08. The molecule has 0 radical (unpaired) electrons. The van der Waals surface area contributed by atoms with E-state index in [2.05, 4.69) is 28.6 Å². The average Bonchev–Trinajstić information content (AvgIpc) is 2.72. The highest BCUT2D eigenvalue weighted by molar-refractivity contribution is 7.80. The van der Waals surface area contributed by atoms with Crippen LogP contribution in [0.2, 0.25) is 0 Å². The molecule has 31 heavy (non-hydrogen) atoms. The van der Waals surface area contributed by atoms with Gasteiger partial charge in [-0.15, -0.1) is 0 Å². The van der Waals surface area contributed by atoms with Gasteiger partial charge in [0.05, 0.1) is 12.5 Å². The van der Waals surface area contributed by atoms with Crippen LogP contribution in [0.5, 0.6) is 0 Å². The number of nitrogens with two attached hydrogens (primary N) is 2. The van der Waals surface area contributed by atoms with Gasteiger partial charge in [0.1, 0.15) is 18.1 Å². The molecule has 12 heteroatoms. The van der Waals surface area contributed by atoms with E-state index < -0.39 is 60.2 Å². The predicted molar refractivity (Wildman–Crippen MR) is 115 cm³/mol. The van der Waals surface area contributed by atoms with Crippen molar-refractivity contribution in [3.63, 3.8) is 0 Å². The number of carbonyl (C=O) groups is 5. The van der Waals surface area contributed by atoms with Gasteiger partial charge < -0.3 is 32.5 Å². The van der Waals surface area contributed by atoms with Gasteiger partial charge >= 0.3 is 5.97 Å². The fourth-order valence-electron chi connectivity index (χ4n) is 2.48. The van der Waals surface area contributed by atoms with Crippen LogP contribution < -0.4 is 27.4 Å². The molecule has 0 saturated heterocycles. The zero-order valence-electron chi connectivity index (χ0n) is 16.9. The summed E-state index contributed by atoms with van der Waals surface area (Å²) in [6, 6.07) is 4.00. The molecule has 0 fully saturated rings. The van der Waals surface area contributed by atoms with Crippen molar-refractivity contribution in [1.82, 2.24) is 16.0 Å². The number of thiol groups is 1. The highest BCUT2D eigenvalue weighted by atomic mass is 32.1. The van der Waals surface area contributed by atoms with E-state index in [1.165, 1.54) is 6.92 Å². The number of rotatable bonds is 12. The molecule has 0 aliphatic carbocycles. The molecule has 0 heterocycles. The molecule has 0 aromatic heterocycles. The van der Waals surface area contributed by atoms with E-state index in [0.29, 0.717) is 0 Å². The van der Waals surface area contributed by atoms with Crippen molar-refractivity contribution in [2.24, 2.45) is 11.5 Å². The van der Waals surface area contributed by atoms with Crippen LogP contribution in [0.4, 0.5) is 0 Å². The van der Waals surface area contributed by atoms with Crippen molar-refractivity contribution < 1.29 is 29.1 Å². The van der Waals surface area contributed by atoms with Crippen molar-refractivity contribution in [3.05, 3.63) is 35.9 Å². The second-order valence-electron chi connectivity index (χ2n) is 6.84. The number of carboxylic acids is 1. The minimum atomic E-state index is -1.43. The molecule has 1 rings (SSSR count). The molecule has 1 aromatic carbocycles. The number of benzene rings is 1. The van der Waals surface area contributed by atoms with Crippen molar-refractivity contribution in [2.45, 2.75) is 43.9 Å². The fraction of sp³-hybridized carbons (Fsp3) is 0.421. The van der Waals surface area contributed by atoms with Crippen LogP contribution in [0.1, 0.15) is 18.9 Å². The first kappa shape index (κ1) is 25.9. The fourth-order valence-corrected chi connectivity index (χ4v) is 2.65. The smallest absolute Gasteiger partial charge is 0.325 e. The number of hydrogen-bond donors (Lipinski definition) is 7. The number of amides is 4. The minimum Gasteiger partial charge on any atom is -0.480 e. The highest BCUT2D eigenvalue weighted by Crippen LogP contribution is 2.05. The molecule has 11 nitrogen and oxygen atoms in total. The van der Waals surface area contributed by atoms with E-state index in [1.807, 2.05) is 0 Å². The summed E-state index contributed by atoms with van der Waals surface area (Å²) < 4.78 is 0. The Balaban J connectivity index is 3.03. The Bertz CT molecular complexity index is 806. The number of primary amides is 1. The summed E-state index contributed by atoms with van der Waals surface area (Å²) in [6.07, 6.45) is -0.486. The zero-order chi connectivity index (χ0) is 23.6. The van der Waals surface area contributed by atoms with E-state index in [4.69, 9.17) is 16.6 Å². The molecule has 0 aliphatic rings. The number of carboxylic acid groups (broad SMARTS) is 1. The standard InChI is InChI=1S/C19H27N5O6S/c1-10(19(29)30)22-17(27)14(8-15(21)25)24-18(28)13(23-16(26)12(20)9-31)7-11-5-3-2-4-6-11/h2-6,10,12-14,31H,7-9,20H2,1H3,(H2,21,25)(H,22,27)(H,23,26)(H,24,28)(H,29,30). The van der Waals surface area contributed by atoms with Crippen molar-refractivity contribution in [3.8, 4) is 0 Å². The summed E-state index contributed by atoms with van der Waals surface area (Å²) in [5, 5.41) is 16.0. The third-order valence-electron chi connectivity index (χ3n) is 4.22.